The molecule has 1 aliphatic heterocycles. The van der Waals surface area contributed by atoms with E-state index in [1.165, 1.54) is 4.31 Å². The van der Waals surface area contributed by atoms with Crippen molar-refractivity contribution in [1.82, 2.24) is 4.31 Å². The van der Waals surface area contributed by atoms with Crippen molar-refractivity contribution in [1.29, 1.82) is 0 Å². The van der Waals surface area contributed by atoms with Crippen LogP contribution in [0.25, 0.3) is 0 Å². The molecule has 0 amide bonds. The van der Waals surface area contributed by atoms with Crippen LogP contribution in [0.1, 0.15) is 0 Å². The third-order valence-electron chi connectivity index (χ3n) is 1.48. The summed E-state index contributed by atoms with van der Waals surface area (Å²) in [6, 6.07) is 0. The Morgan fingerprint density at radius 1 is 1.25 bits per heavy atom. The quantitative estimate of drug-likeness (QED) is 0.493. The van der Waals surface area contributed by atoms with Crippen molar-refractivity contribution in [3.8, 4) is 0 Å². The van der Waals surface area contributed by atoms with Gasteiger partial charge in [0.1, 0.15) is 0 Å². The second-order valence-electron chi connectivity index (χ2n) is 2.21. The Balaban J connectivity index is 2.81. The molecule has 0 spiro atoms. The van der Waals surface area contributed by atoms with Crippen LogP contribution in [0.3, 0.4) is 0 Å². The van der Waals surface area contributed by atoms with Crippen molar-refractivity contribution < 1.29 is 13.2 Å². The Morgan fingerprint density at radius 3 is 2.17 bits per heavy atom. The van der Waals surface area contributed by atoms with E-state index >= 15 is 0 Å². The van der Waals surface area contributed by atoms with Crippen LogP contribution in [-0.2, 0) is 43.2 Å². The van der Waals surface area contributed by atoms with Gasteiger partial charge in [0.25, 0.3) is 9.06 Å². The van der Waals surface area contributed by atoms with Crippen LogP contribution >= 0.6 is 0 Å². The first kappa shape index (κ1) is 10.7. The number of morpholine rings is 1. The predicted octanol–water partition coefficient (Wildman–Crippen LogP) is -1.16. The first-order chi connectivity index (χ1) is 5.55. The van der Waals surface area contributed by atoms with Crippen LogP contribution < -0.4 is 0 Å². The van der Waals surface area contributed by atoms with E-state index in [0.717, 1.165) is 0 Å². The van der Waals surface area contributed by atoms with Gasteiger partial charge in [-0.05, 0) is 22.4 Å². The highest BCUT2D eigenvalue weighted by molar-refractivity contribution is 8.86. The van der Waals surface area contributed by atoms with Crippen LogP contribution in [0.5, 0.6) is 0 Å². The molecule has 1 rings (SSSR count). The summed E-state index contributed by atoms with van der Waals surface area (Å²) in [4.78, 5) is 0. The van der Waals surface area contributed by atoms with Crippen molar-refractivity contribution in [2.24, 2.45) is 0 Å². The molecule has 1 fully saturated rings. The average molecular weight is 247 g/mol. The molecule has 0 aromatic heterocycles. The first-order valence-corrected chi connectivity index (χ1v) is 8.69. The van der Waals surface area contributed by atoms with Crippen LogP contribution in [-0.4, -0.2) is 39.0 Å². The number of hydrogen-bond donors (Lipinski definition) is 1. The molecule has 0 N–H and O–H groups in total. The molecule has 4 nitrogen and oxygen atoms in total. The minimum Gasteiger partial charge on any atom is -0.379 e. The second kappa shape index (κ2) is 4.25. The van der Waals surface area contributed by atoms with E-state index in [2.05, 4.69) is 22.4 Å². The van der Waals surface area contributed by atoms with Gasteiger partial charge >= 0.3 is 0 Å². The standard InChI is InChI=1S/C4H9NO3S4/c6-12(7,11(9)10)5-1-3-8-4-2-5/h11H,1-4H2. The number of nitrogens with zero attached hydrogens (tertiary/aromatic N) is 1. The average Bonchev–Trinajstić information content (AvgIpc) is 2.06. The highest BCUT2D eigenvalue weighted by Gasteiger charge is 2.22. The first-order valence-electron chi connectivity index (χ1n) is 3.27. The molecular weight excluding hydrogens is 238 g/mol. The number of ether oxygens (including phenoxy) is 1. The topological polar surface area (TPSA) is 46.6 Å². The molecule has 0 saturated carbocycles. The zero-order chi connectivity index (χ0) is 9.19. The van der Waals surface area contributed by atoms with Crippen molar-refractivity contribution in [3.05, 3.63) is 0 Å². The SMILES string of the molecule is O=S(=O)(N1CCOCC1)[SH](=S)=S. The zero-order valence-electron chi connectivity index (χ0n) is 6.17. The number of rotatable bonds is 2. The summed E-state index contributed by atoms with van der Waals surface area (Å²) in [6.45, 7) is 1.64. The molecule has 0 unspecified atom stereocenters. The summed E-state index contributed by atoms with van der Waals surface area (Å²) in [7, 11) is -5.11. The van der Waals surface area contributed by atoms with Gasteiger partial charge in [0.2, 0.25) is 0 Å². The monoisotopic (exact) mass is 247 g/mol. The summed E-state index contributed by atoms with van der Waals surface area (Å²) in [5.74, 6) is 0. The van der Waals surface area contributed by atoms with E-state index in [-0.39, 0.29) is 0 Å². The van der Waals surface area contributed by atoms with Gasteiger partial charge in [-0.3, -0.25) is 0 Å². The van der Waals surface area contributed by atoms with Crippen molar-refractivity contribution >= 4 is 38.5 Å². The molecule has 12 heavy (non-hydrogen) atoms. The molecule has 0 aromatic rings. The van der Waals surface area contributed by atoms with Gasteiger partial charge in [-0.15, -0.1) is 0 Å². The van der Waals surface area contributed by atoms with E-state index in [9.17, 15) is 8.42 Å². The fourth-order valence-electron chi connectivity index (χ4n) is 0.872. The fraction of sp³-hybridized carbons (Fsp3) is 1.00. The molecule has 0 atom stereocenters. The van der Waals surface area contributed by atoms with Crippen LogP contribution in [0.15, 0.2) is 0 Å². The minimum atomic E-state index is -3.35. The lowest BCUT2D eigenvalue weighted by molar-refractivity contribution is 0.0741. The lowest BCUT2D eigenvalue weighted by Crippen LogP contribution is -2.40. The molecule has 1 saturated heterocycles. The molecule has 0 bridgehead atoms. The van der Waals surface area contributed by atoms with Gasteiger partial charge < -0.3 is 4.74 Å². The molecule has 0 radical (unpaired) electrons. The normalized spacial score (nSPS) is 21.4. The molecule has 72 valence electrons. The molecular formula is C4H9NO3S4. The summed E-state index contributed by atoms with van der Waals surface area (Å²) in [5, 5.41) is 0. The molecule has 0 aromatic carbocycles. The van der Waals surface area contributed by atoms with E-state index in [1.807, 2.05) is 0 Å². The summed E-state index contributed by atoms with van der Waals surface area (Å²) in [5.41, 5.74) is 0. The highest BCUT2D eigenvalue weighted by Crippen LogP contribution is 2.05. The maximum absolute atomic E-state index is 11.4. The number of thiol groups is 1. The lowest BCUT2D eigenvalue weighted by Gasteiger charge is -2.24. The van der Waals surface area contributed by atoms with Gasteiger partial charge in [-0.2, -0.15) is 4.31 Å². The number of hydrogen-bond acceptors (Lipinski definition) is 5. The maximum Gasteiger partial charge on any atom is 0.271 e. The van der Waals surface area contributed by atoms with Gasteiger partial charge in [0.05, 0.1) is 13.2 Å². The van der Waals surface area contributed by atoms with Gasteiger partial charge in [0.15, 0.2) is 0 Å². The summed E-state index contributed by atoms with van der Waals surface area (Å²) in [6.07, 6.45) is 0. The summed E-state index contributed by atoms with van der Waals surface area (Å²) < 4.78 is 29.1. The van der Waals surface area contributed by atoms with Crippen molar-refractivity contribution in [3.63, 3.8) is 0 Å². The van der Waals surface area contributed by atoms with Crippen LogP contribution in [0.4, 0.5) is 0 Å². The van der Waals surface area contributed by atoms with E-state index in [4.69, 9.17) is 4.74 Å². The Kier molecular flexibility index (Phi) is 3.80. The fourth-order valence-corrected chi connectivity index (χ4v) is 4.42. The Bertz CT molecular complexity index is 305. The second-order valence-corrected chi connectivity index (χ2v) is 10.8. The van der Waals surface area contributed by atoms with Crippen molar-refractivity contribution in [2.75, 3.05) is 26.3 Å². The molecule has 1 aliphatic rings. The van der Waals surface area contributed by atoms with Crippen LogP contribution in [0, 0.1) is 0 Å². The third-order valence-corrected chi connectivity index (χ3v) is 8.09. The van der Waals surface area contributed by atoms with E-state index in [0.29, 0.717) is 26.3 Å². The van der Waals surface area contributed by atoms with E-state index in [1.54, 1.807) is 0 Å². The summed E-state index contributed by atoms with van der Waals surface area (Å²) >= 11 is 9.21. The Hall–Kier alpha value is 0.660. The van der Waals surface area contributed by atoms with E-state index < -0.39 is 16.1 Å². The van der Waals surface area contributed by atoms with Gasteiger partial charge in [-0.1, -0.05) is 0 Å². The smallest absolute Gasteiger partial charge is 0.271 e. The molecule has 0 aliphatic carbocycles. The largest absolute Gasteiger partial charge is 0.379 e. The minimum absolute atomic E-state index is 0.383. The Labute approximate surface area is 82.2 Å². The third kappa shape index (κ3) is 2.33. The van der Waals surface area contributed by atoms with Gasteiger partial charge in [0, 0.05) is 20.1 Å². The lowest BCUT2D eigenvalue weighted by atomic mass is 10.5. The highest BCUT2D eigenvalue weighted by atomic mass is 33.5. The maximum atomic E-state index is 11.4. The Morgan fingerprint density at radius 2 is 1.75 bits per heavy atom. The van der Waals surface area contributed by atoms with Crippen LogP contribution in [0.2, 0.25) is 0 Å². The molecule has 1 heterocycles. The molecule has 8 heteroatoms. The predicted molar refractivity (Wildman–Crippen MR) is 54.8 cm³/mol. The van der Waals surface area contributed by atoms with Gasteiger partial charge in [-0.25, -0.2) is 8.42 Å². The van der Waals surface area contributed by atoms with Crippen molar-refractivity contribution in [2.45, 2.75) is 0 Å². The zero-order valence-corrected chi connectivity index (χ0v) is 9.52.